The number of amides is 1. The van der Waals surface area contributed by atoms with Crippen molar-refractivity contribution in [2.75, 3.05) is 23.0 Å². The van der Waals surface area contributed by atoms with E-state index in [1.54, 1.807) is 25.1 Å². The zero-order chi connectivity index (χ0) is 22.8. The summed E-state index contributed by atoms with van der Waals surface area (Å²) < 4.78 is 31.2. The number of fused-ring (bicyclic) bond motifs is 1. The Labute approximate surface area is 191 Å². The Morgan fingerprint density at radius 3 is 2.61 bits per heavy atom. The summed E-state index contributed by atoms with van der Waals surface area (Å²) in [7, 11) is -2.49. The quantitative estimate of drug-likeness (QED) is 0.593. The Hall–Kier alpha value is -2.10. The summed E-state index contributed by atoms with van der Waals surface area (Å²) in [6.45, 7) is 1.73. The van der Waals surface area contributed by atoms with Crippen molar-refractivity contribution < 1.29 is 22.7 Å². The number of hydrogen-bond donors (Lipinski definition) is 1. The second kappa shape index (κ2) is 9.58. The number of esters is 1. The Morgan fingerprint density at radius 2 is 2.00 bits per heavy atom. The number of nitrogens with zero attached hydrogens (tertiary/aromatic N) is 1. The van der Waals surface area contributed by atoms with E-state index < -0.39 is 27.9 Å². The number of sulfonamides is 1. The molecule has 0 unspecified atom stereocenters. The molecule has 0 aliphatic heterocycles. The third kappa shape index (κ3) is 5.05. The van der Waals surface area contributed by atoms with Crippen LogP contribution in [0.2, 0.25) is 5.02 Å². The maximum Gasteiger partial charge on any atom is 0.341 e. The van der Waals surface area contributed by atoms with E-state index in [0.717, 1.165) is 46.7 Å². The van der Waals surface area contributed by atoms with Gasteiger partial charge in [-0.3, -0.25) is 9.10 Å². The van der Waals surface area contributed by atoms with Gasteiger partial charge in [-0.15, -0.1) is 11.3 Å². The largest absolute Gasteiger partial charge is 0.465 e. The topological polar surface area (TPSA) is 92.8 Å². The van der Waals surface area contributed by atoms with Gasteiger partial charge < -0.3 is 10.1 Å². The first-order chi connectivity index (χ1) is 14.7. The molecule has 10 heteroatoms. The number of benzene rings is 1. The maximum absolute atomic E-state index is 13.3. The third-order valence-corrected chi connectivity index (χ3v) is 7.81. The molecule has 0 fully saturated rings. The number of anilines is 2. The normalized spacial score (nSPS) is 14.5. The van der Waals surface area contributed by atoms with Crippen LogP contribution in [0.4, 0.5) is 10.7 Å². The van der Waals surface area contributed by atoms with Crippen molar-refractivity contribution in [1.29, 1.82) is 0 Å². The van der Waals surface area contributed by atoms with Crippen molar-refractivity contribution in [3.8, 4) is 0 Å². The summed E-state index contributed by atoms with van der Waals surface area (Å²) in [5, 5.41) is 3.58. The molecule has 31 heavy (non-hydrogen) atoms. The van der Waals surface area contributed by atoms with Crippen molar-refractivity contribution in [1.82, 2.24) is 0 Å². The number of halogens is 1. The lowest BCUT2D eigenvalue weighted by Crippen LogP contribution is -2.47. The number of aryl methyl sites for hydroxylation is 1. The van der Waals surface area contributed by atoms with Crippen LogP contribution in [0, 0.1) is 0 Å². The van der Waals surface area contributed by atoms with Gasteiger partial charge in [0.15, 0.2) is 0 Å². The molecule has 1 aliphatic rings. The Morgan fingerprint density at radius 1 is 1.29 bits per heavy atom. The second-order valence-corrected chi connectivity index (χ2v) is 10.8. The van der Waals surface area contributed by atoms with Gasteiger partial charge in [-0.2, -0.15) is 0 Å². The molecule has 1 aliphatic carbocycles. The predicted molar refractivity (Wildman–Crippen MR) is 124 cm³/mol. The first-order valence-corrected chi connectivity index (χ1v) is 13.0. The van der Waals surface area contributed by atoms with E-state index >= 15 is 0 Å². The molecule has 2 aromatic rings. The van der Waals surface area contributed by atoms with Crippen LogP contribution in [-0.4, -0.2) is 39.7 Å². The molecule has 1 atom stereocenters. The number of ether oxygens (including phenoxy) is 1. The lowest BCUT2D eigenvalue weighted by molar-refractivity contribution is -0.117. The van der Waals surface area contributed by atoms with Crippen LogP contribution in [0.15, 0.2) is 24.3 Å². The monoisotopic (exact) mass is 484 g/mol. The highest BCUT2D eigenvalue weighted by atomic mass is 35.5. The van der Waals surface area contributed by atoms with Crippen LogP contribution in [0.1, 0.15) is 47.0 Å². The van der Waals surface area contributed by atoms with E-state index in [2.05, 4.69) is 5.32 Å². The van der Waals surface area contributed by atoms with Crippen LogP contribution in [0.3, 0.4) is 0 Å². The van der Waals surface area contributed by atoms with Crippen molar-refractivity contribution in [2.45, 2.75) is 45.1 Å². The fourth-order valence-corrected chi connectivity index (χ4v) is 6.51. The second-order valence-electron chi connectivity index (χ2n) is 7.36. The molecule has 1 amide bonds. The van der Waals surface area contributed by atoms with Gasteiger partial charge in [0.2, 0.25) is 15.9 Å². The maximum atomic E-state index is 13.3. The van der Waals surface area contributed by atoms with Crippen molar-refractivity contribution in [3.63, 3.8) is 0 Å². The average molecular weight is 485 g/mol. The minimum atomic E-state index is -3.79. The molecular weight excluding hydrogens is 460 g/mol. The van der Waals surface area contributed by atoms with E-state index in [9.17, 15) is 18.0 Å². The minimum Gasteiger partial charge on any atom is -0.465 e. The highest BCUT2D eigenvalue weighted by Gasteiger charge is 2.34. The van der Waals surface area contributed by atoms with Crippen molar-refractivity contribution in [3.05, 3.63) is 45.3 Å². The van der Waals surface area contributed by atoms with Crippen LogP contribution < -0.4 is 9.62 Å². The first kappa shape index (κ1) is 23.6. The molecule has 0 radical (unpaired) electrons. The lowest BCUT2D eigenvalue weighted by atomic mass is 9.95. The van der Waals surface area contributed by atoms with Crippen LogP contribution in [-0.2, 0) is 32.4 Å². The van der Waals surface area contributed by atoms with Crippen LogP contribution in [0.5, 0.6) is 0 Å². The highest BCUT2D eigenvalue weighted by Crippen LogP contribution is 2.39. The lowest BCUT2D eigenvalue weighted by Gasteiger charge is -2.30. The van der Waals surface area contributed by atoms with E-state index in [-0.39, 0.29) is 6.42 Å². The summed E-state index contributed by atoms with van der Waals surface area (Å²) in [5.41, 5.74) is 1.59. The Balaban J connectivity index is 1.99. The Kier molecular flexibility index (Phi) is 7.28. The highest BCUT2D eigenvalue weighted by molar-refractivity contribution is 7.92. The number of hydrogen-bond acceptors (Lipinski definition) is 6. The van der Waals surface area contributed by atoms with Gasteiger partial charge in [0.1, 0.15) is 11.0 Å². The van der Waals surface area contributed by atoms with Gasteiger partial charge in [0.05, 0.1) is 24.6 Å². The van der Waals surface area contributed by atoms with Crippen molar-refractivity contribution in [2.24, 2.45) is 0 Å². The fourth-order valence-electron chi connectivity index (χ4n) is 3.84. The van der Waals surface area contributed by atoms with Gasteiger partial charge in [-0.05, 0) is 55.9 Å². The smallest absolute Gasteiger partial charge is 0.341 e. The molecule has 0 saturated carbocycles. The van der Waals surface area contributed by atoms with E-state index in [1.807, 2.05) is 0 Å². The predicted octanol–water partition coefficient (Wildman–Crippen LogP) is 4.25. The molecule has 168 valence electrons. The molecule has 0 bridgehead atoms. The van der Waals surface area contributed by atoms with Crippen molar-refractivity contribution >= 4 is 55.5 Å². The summed E-state index contributed by atoms with van der Waals surface area (Å²) in [4.78, 5) is 26.8. The standard InChI is InChI=1S/C21H25ClN2O5S2/c1-4-16(24(31(3,27)28)14-9-7-8-13(22)12-14)19(25)23-20-18(21(26)29-2)15-10-5-6-11-17(15)30-20/h7-9,12,16H,4-6,10-11H2,1-3H3,(H,23,25)/t16-/m0/s1. The van der Waals surface area contributed by atoms with Crippen LogP contribution >= 0.6 is 22.9 Å². The molecule has 1 aromatic heterocycles. The molecule has 0 spiro atoms. The van der Waals surface area contributed by atoms with E-state index in [0.29, 0.717) is 21.3 Å². The molecule has 3 rings (SSSR count). The molecule has 1 heterocycles. The van der Waals surface area contributed by atoms with Crippen LogP contribution in [0.25, 0.3) is 0 Å². The van der Waals surface area contributed by atoms with E-state index in [4.69, 9.17) is 16.3 Å². The van der Waals surface area contributed by atoms with E-state index in [1.165, 1.54) is 24.5 Å². The number of rotatable bonds is 7. The number of nitrogens with one attached hydrogen (secondary N) is 1. The van der Waals surface area contributed by atoms with Gasteiger partial charge >= 0.3 is 5.97 Å². The molecule has 7 nitrogen and oxygen atoms in total. The number of thiophene rings is 1. The summed E-state index contributed by atoms with van der Waals surface area (Å²) >= 11 is 7.41. The number of methoxy groups -OCH3 is 1. The number of carbonyl (C=O) groups excluding carboxylic acids is 2. The van der Waals surface area contributed by atoms with Gasteiger partial charge in [-0.1, -0.05) is 24.6 Å². The summed E-state index contributed by atoms with van der Waals surface area (Å²) in [6, 6.07) is 5.33. The first-order valence-electron chi connectivity index (χ1n) is 9.96. The fraction of sp³-hybridized carbons (Fsp3) is 0.429. The summed E-state index contributed by atoms with van der Waals surface area (Å²) in [6.07, 6.45) is 4.86. The molecule has 0 saturated heterocycles. The Bertz CT molecular complexity index is 1100. The summed E-state index contributed by atoms with van der Waals surface area (Å²) in [5.74, 6) is -1.02. The third-order valence-electron chi connectivity index (χ3n) is 5.19. The SMILES string of the molecule is CC[C@@H](C(=O)Nc1sc2c(c1C(=O)OC)CCCC2)N(c1cccc(Cl)c1)S(C)(=O)=O. The zero-order valence-corrected chi connectivity index (χ0v) is 20.0. The zero-order valence-electron chi connectivity index (χ0n) is 17.6. The minimum absolute atomic E-state index is 0.226. The molecular formula is C21H25ClN2O5S2. The molecule has 1 aromatic carbocycles. The average Bonchev–Trinajstić information content (AvgIpc) is 3.07. The molecule has 1 N–H and O–H groups in total. The van der Waals surface area contributed by atoms with Gasteiger partial charge in [0, 0.05) is 9.90 Å². The number of carbonyl (C=O) groups is 2. The van der Waals surface area contributed by atoms with Gasteiger partial charge in [0.25, 0.3) is 0 Å². The van der Waals surface area contributed by atoms with Gasteiger partial charge in [-0.25, -0.2) is 13.2 Å².